The monoisotopic (exact) mass is 328 g/mol. The van der Waals surface area contributed by atoms with Crippen LogP contribution in [0.5, 0.6) is 5.75 Å². The lowest BCUT2D eigenvalue weighted by Crippen LogP contribution is -2.40. The molecular weight excluding hydrogens is 311 g/mol. The predicted molar refractivity (Wildman–Crippen MR) is 85.8 cm³/mol. The van der Waals surface area contributed by atoms with Crippen LogP contribution < -0.4 is 10.1 Å². The van der Waals surface area contributed by atoms with Crippen LogP contribution in [0.25, 0.3) is 0 Å². The standard InChI is InChI=1S/C18H17FN2O3/c1-18(13-6-4-3-5-7-13)16(22)21(17(23)20-18)11-12-10-14(19)8-9-15(12)24-2/h3-10H,11H2,1-2H3,(H,20,23). The Labute approximate surface area is 139 Å². The maximum atomic E-state index is 13.5. The SMILES string of the molecule is COc1ccc(F)cc1CN1C(=O)NC(C)(c2ccccc2)C1=O. The lowest BCUT2D eigenvalue weighted by molar-refractivity contribution is -0.131. The lowest BCUT2D eigenvalue weighted by Gasteiger charge is -2.22. The molecule has 0 aliphatic carbocycles. The predicted octanol–water partition coefficient (Wildman–Crippen LogP) is 2.80. The highest BCUT2D eigenvalue weighted by Gasteiger charge is 2.48. The number of amides is 3. The smallest absolute Gasteiger partial charge is 0.325 e. The molecule has 1 atom stereocenters. The molecule has 1 heterocycles. The minimum atomic E-state index is -1.14. The summed E-state index contributed by atoms with van der Waals surface area (Å²) in [7, 11) is 1.46. The Morgan fingerprint density at radius 1 is 1.17 bits per heavy atom. The molecule has 1 aliphatic rings. The summed E-state index contributed by atoms with van der Waals surface area (Å²) in [6.07, 6.45) is 0. The minimum absolute atomic E-state index is 0.0615. The first-order valence-electron chi connectivity index (χ1n) is 7.48. The van der Waals surface area contributed by atoms with Crippen LogP contribution in [0.1, 0.15) is 18.1 Å². The summed E-state index contributed by atoms with van der Waals surface area (Å²) < 4.78 is 18.7. The lowest BCUT2D eigenvalue weighted by atomic mass is 9.92. The molecule has 0 bridgehead atoms. The zero-order valence-electron chi connectivity index (χ0n) is 13.4. The summed E-state index contributed by atoms with van der Waals surface area (Å²) in [6.45, 7) is 1.60. The van der Waals surface area contributed by atoms with E-state index in [2.05, 4.69) is 5.32 Å². The highest BCUT2D eigenvalue weighted by molar-refractivity contribution is 6.07. The van der Waals surface area contributed by atoms with Crippen LogP contribution in [-0.2, 0) is 16.9 Å². The maximum absolute atomic E-state index is 13.5. The number of hydrogen-bond donors (Lipinski definition) is 1. The topological polar surface area (TPSA) is 58.6 Å². The maximum Gasteiger partial charge on any atom is 0.325 e. The molecule has 0 radical (unpaired) electrons. The van der Waals surface area contributed by atoms with Gasteiger partial charge in [0.1, 0.15) is 17.1 Å². The fraction of sp³-hybridized carbons (Fsp3) is 0.222. The molecule has 3 rings (SSSR count). The molecule has 2 aromatic rings. The Balaban J connectivity index is 1.92. The van der Waals surface area contributed by atoms with Crippen molar-refractivity contribution in [3.8, 4) is 5.75 Å². The summed E-state index contributed by atoms with van der Waals surface area (Å²) in [5, 5.41) is 2.72. The first-order chi connectivity index (χ1) is 11.5. The van der Waals surface area contributed by atoms with E-state index in [0.29, 0.717) is 16.9 Å². The van der Waals surface area contributed by atoms with E-state index in [0.717, 1.165) is 4.90 Å². The van der Waals surface area contributed by atoms with Crippen LogP contribution in [0.2, 0.25) is 0 Å². The van der Waals surface area contributed by atoms with E-state index in [1.54, 1.807) is 31.2 Å². The van der Waals surface area contributed by atoms with Gasteiger partial charge in [-0.3, -0.25) is 9.69 Å². The van der Waals surface area contributed by atoms with Gasteiger partial charge in [-0.1, -0.05) is 30.3 Å². The van der Waals surface area contributed by atoms with Gasteiger partial charge in [0.25, 0.3) is 5.91 Å². The number of benzene rings is 2. The van der Waals surface area contributed by atoms with Crippen LogP contribution >= 0.6 is 0 Å². The number of carbonyl (C=O) groups is 2. The summed E-state index contributed by atoms with van der Waals surface area (Å²) in [6, 6.07) is 12.5. The number of hydrogen-bond acceptors (Lipinski definition) is 3. The van der Waals surface area contributed by atoms with E-state index in [4.69, 9.17) is 4.74 Å². The molecule has 1 fully saturated rings. The second-order valence-corrected chi connectivity index (χ2v) is 5.77. The number of nitrogens with one attached hydrogen (secondary N) is 1. The van der Waals surface area contributed by atoms with Gasteiger partial charge in [0.2, 0.25) is 0 Å². The van der Waals surface area contributed by atoms with Crippen molar-refractivity contribution < 1.29 is 18.7 Å². The fourth-order valence-corrected chi connectivity index (χ4v) is 2.85. The van der Waals surface area contributed by atoms with Gasteiger partial charge in [-0.25, -0.2) is 9.18 Å². The number of urea groups is 1. The number of nitrogens with zero attached hydrogens (tertiary/aromatic N) is 1. The zero-order chi connectivity index (χ0) is 17.3. The van der Waals surface area contributed by atoms with Gasteiger partial charge in [-0.2, -0.15) is 0 Å². The van der Waals surface area contributed by atoms with Crippen LogP contribution in [0, 0.1) is 5.82 Å². The quantitative estimate of drug-likeness (QED) is 0.878. The Morgan fingerprint density at radius 2 is 1.88 bits per heavy atom. The van der Waals surface area contributed by atoms with Gasteiger partial charge in [-0.15, -0.1) is 0 Å². The van der Waals surface area contributed by atoms with Gasteiger partial charge in [0.05, 0.1) is 13.7 Å². The normalized spacial score (nSPS) is 20.2. The van der Waals surface area contributed by atoms with Crippen LogP contribution in [0.3, 0.4) is 0 Å². The molecule has 124 valence electrons. The molecule has 1 aliphatic heterocycles. The van der Waals surface area contributed by atoms with Crippen LogP contribution in [-0.4, -0.2) is 23.9 Å². The molecule has 0 aromatic heterocycles. The Kier molecular flexibility index (Phi) is 3.97. The molecule has 0 saturated carbocycles. The van der Waals surface area contributed by atoms with E-state index in [9.17, 15) is 14.0 Å². The third-order valence-electron chi connectivity index (χ3n) is 4.20. The summed E-state index contributed by atoms with van der Waals surface area (Å²) in [4.78, 5) is 26.2. The third kappa shape index (κ3) is 2.60. The van der Waals surface area contributed by atoms with E-state index in [1.165, 1.54) is 25.3 Å². The first-order valence-corrected chi connectivity index (χ1v) is 7.48. The van der Waals surface area contributed by atoms with Gasteiger partial charge in [0, 0.05) is 5.56 Å². The largest absolute Gasteiger partial charge is 0.496 e. The number of rotatable bonds is 4. The molecular formula is C18H17FN2O3. The highest BCUT2D eigenvalue weighted by atomic mass is 19.1. The zero-order valence-corrected chi connectivity index (χ0v) is 13.4. The summed E-state index contributed by atoms with van der Waals surface area (Å²) in [5.74, 6) is -0.418. The number of ether oxygens (including phenoxy) is 1. The number of halogens is 1. The Bertz CT molecular complexity index is 794. The van der Waals surface area contributed by atoms with E-state index in [1.807, 2.05) is 6.07 Å². The summed E-state index contributed by atoms with van der Waals surface area (Å²) in [5.41, 5.74) is -0.0193. The van der Waals surface area contributed by atoms with Crippen molar-refractivity contribution in [1.82, 2.24) is 10.2 Å². The molecule has 1 saturated heterocycles. The fourth-order valence-electron chi connectivity index (χ4n) is 2.85. The minimum Gasteiger partial charge on any atom is -0.496 e. The number of carbonyl (C=O) groups excluding carboxylic acids is 2. The van der Waals surface area contributed by atoms with Crippen molar-refractivity contribution in [2.75, 3.05) is 7.11 Å². The molecule has 24 heavy (non-hydrogen) atoms. The average molecular weight is 328 g/mol. The summed E-state index contributed by atoms with van der Waals surface area (Å²) >= 11 is 0. The van der Waals surface area contributed by atoms with Crippen molar-refractivity contribution in [3.63, 3.8) is 0 Å². The van der Waals surface area contributed by atoms with Gasteiger partial charge < -0.3 is 10.1 Å². The van der Waals surface area contributed by atoms with E-state index < -0.39 is 17.4 Å². The number of methoxy groups -OCH3 is 1. The second-order valence-electron chi connectivity index (χ2n) is 5.77. The second kappa shape index (κ2) is 5.96. The van der Waals surface area contributed by atoms with Crippen molar-refractivity contribution in [2.24, 2.45) is 0 Å². The molecule has 0 spiro atoms. The van der Waals surface area contributed by atoms with Crippen LogP contribution in [0.4, 0.5) is 9.18 Å². The van der Waals surface area contributed by atoms with Crippen molar-refractivity contribution in [3.05, 3.63) is 65.5 Å². The molecule has 5 nitrogen and oxygen atoms in total. The van der Waals surface area contributed by atoms with Crippen molar-refractivity contribution in [1.29, 1.82) is 0 Å². The molecule has 3 amide bonds. The number of imide groups is 1. The highest BCUT2D eigenvalue weighted by Crippen LogP contribution is 2.31. The average Bonchev–Trinajstić information content (AvgIpc) is 2.80. The van der Waals surface area contributed by atoms with Gasteiger partial charge >= 0.3 is 6.03 Å². The molecule has 1 unspecified atom stereocenters. The Hall–Kier alpha value is -2.89. The van der Waals surface area contributed by atoms with Gasteiger partial charge in [-0.05, 0) is 30.7 Å². The van der Waals surface area contributed by atoms with Crippen LogP contribution in [0.15, 0.2) is 48.5 Å². The van der Waals surface area contributed by atoms with E-state index in [-0.39, 0.29) is 12.5 Å². The molecule has 2 aromatic carbocycles. The van der Waals surface area contributed by atoms with Gasteiger partial charge in [0.15, 0.2) is 0 Å². The molecule has 1 N–H and O–H groups in total. The first kappa shape index (κ1) is 16.0. The van der Waals surface area contributed by atoms with Crippen molar-refractivity contribution in [2.45, 2.75) is 19.0 Å². The van der Waals surface area contributed by atoms with Crippen molar-refractivity contribution >= 4 is 11.9 Å². The Morgan fingerprint density at radius 3 is 2.54 bits per heavy atom. The van der Waals surface area contributed by atoms with E-state index >= 15 is 0 Å². The molecule has 6 heteroatoms. The third-order valence-corrected chi connectivity index (χ3v) is 4.20.